The lowest BCUT2D eigenvalue weighted by Gasteiger charge is -2.26. The van der Waals surface area contributed by atoms with Crippen molar-refractivity contribution in [2.45, 2.75) is 62.9 Å². The average molecular weight is 499 g/mol. The van der Waals surface area contributed by atoms with E-state index in [-0.39, 0.29) is 19.3 Å². The Morgan fingerprint density at radius 2 is 1.66 bits per heavy atom. The van der Waals surface area contributed by atoms with Gasteiger partial charge in [-0.25, -0.2) is 9.78 Å². The molecule has 1 heterocycles. The molecule has 0 saturated heterocycles. The average Bonchev–Trinajstić information content (AvgIpc) is 3.26. The predicted octanol–water partition coefficient (Wildman–Crippen LogP) is -4.06. The summed E-state index contributed by atoms with van der Waals surface area (Å²) in [5.74, 6) is -6.68. The number of carboxylic acid groups (broad SMARTS) is 2. The van der Waals surface area contributed by atoms with Crippen LogP contribution in [0.2, 0.25) is 0 Å². The number of carbonyl (C=O) groups excluding carboxylic acids is 4. The number of aromatic amines is 1. The normalized spacial score (nSPS) is 15.1. The minimum Gasteiger partial charge on any atom is -0.481 e. The lowest BCUT2D eigenvalue weighted by atomic mass is 10.1. The molecule has 0 aliphatic carbocycles. The van der Waals surface area contributed by atoms with Gasteiger partial charge in [0.25, 0.3) is 0 Å². The standard InChI is InChI=1S/C19H29N7O9/c1-8(27)15(26-16(31)10(20)2-3-13(21)28)18(33)24-11(4-9-6-22-7-23-9)17(32)25-12(19(34)35)5-14(29)30/h6-8,10-12,15,27H,2-5,20H2,1H3,(H2,21,28)(H,22,23)(H,24,33)(H,25,32)(H,26,31)(H,29,30)(H,34,35). The number of aliphatic hydroxyl groups excluding tert-OH is 1. The van der Waals surface area contributed by atoms with Crippen molar-refractivity contribution in [3.8, 4) is 0 Å². The molecule has 0 fully saturated rings. The van der Waals surface area contributed by atoms with Gasteiger partial charge < -0.3 is 47.7 Å². The fraction of sp³-hybridized carbons (Fsp3) is 0.526. The van der Waals surface area contributed by atoms with Gasteiger partial charge in [-0.05, 0) is 13.3 Å². The van der Waals surface area contributed by atoms with Crippen molar-refractivity contribution in [3.63, 3.8) is 0 Å². The molecule has 16 heteroatoms. The van der Waals surface area contributed by atoms with Crippen LogP contribution in [0, 0.1) is 0 Å². The molecule has 1 aromatic rings. The van der Waals surface area contributed by atoms with Crippen molar-refractivity contribution in [2.24, 2.45) is 11.5 Å². The molecular weight excluding hydrogens is 470 g/mol. The van der Waals surface area contributed by atoms with Crippen LogP contribution in [0.5, 0.6) is 0 Å². The number of amides is 4. The van der Waals surface area contributed by atoms with E-state index in [1.165, 1.54) is 19.4 Å². The number of nitrogens with two attached hydrogens (primary N) is 2. The van der Waals surface area contributed by atoms with Gasteiger partial charge in [-0.1, -0.05) is 0 Å². The highest BCUT2D eigenvalue weighted by molar-refractivity contribution is 5.95. The molecule has 0 aliphatic heterocycles. The minimum absolute atomic E-state index is 0.111. The Morgan fingerprint density at radius 1 is 1.03 bits per heavy atom. The quantitative estimate of drug-likeness (QED) is 0.112. The smallest absolute Gasteiger partial charge is 0.326 e. The highest BCUT2D eigenvalue weighted by atomic mass is 16.4. The van der Waals surface area contributed by atoms with Crippen LogP contribution in [-0.4, -0.2) is 91.1 Å². The number of nitrogens with zero attached hydrogens (tertiary/aromatic N) is 1. The molecule has 35 heavy (non-hydrogen) atoms. The highest BCUT2D eigenvalue weighted by Crippen LogP contribution is 2.04. The molecule has 11 N–H and O–H groups in total. The summed E-state index contributed by atoms with van der Waals surface area (Å²) in [5.41, 5.74) is 11.0. The molecule has 0 saturated carbocycles. The Bertz CT molecular complexity index is 920. The van der Waals surface area contributed by atoms with Crippen LogP contribution in [-0.2, 0) is 35.2 Å². The zero-order chi connectivity index (χ0) is 26.7. The maximum absolute atomic E-state index is 12.8. The second-order valence-electron chi connectivity index (χ2n) is 7.68. The van der Waals surface area contributed by atoms with Crippen molar-refractivity contribution in [3.05, 3.63) is 18.2 Å². The molecule has 5 unspecified atom stereocenters. The zero-order valence-corrected chi connectivity index (χ0v) is 18.8. The third-order valence-corrected chi connectivity index (χ3v) is 4.71. The summed E-state index contributed by atoms with van der Waals surface area (Å²) >= 11 is 0. The van der Waals surface area contributed by atoms with Gasteiger partial charge in [0.2, 0.25) is 23.6 Å². The number of hydrogen-bond acceptors (Lipinski definition) is 9. The van der Waals surface area contributed by atoms with Crippen molar-refractivity contribution in [1.29, 1.82) is 0 Å². The second kappa shape index (κ2) is 13.6. The summed E-state index contributed by atoms with van der Waals surface area (Å²) in [6.45, 7) is 1.19. The maximum atomic E-state index is 12.8. The topological polar surface area (TPSA) is 280 Å². The van der Waals surface area contributed by atoms with E-state index in [0.29, 0.717) is 5.69 Å². The van der Waals surface area contributed by atoms with Gasteiger partial charge in [0.05, 0.1) is 24.9 Å². The van der Waals surface area contributed by atoms with Gasteiger partial charge in [0.1, 0.15) is 18.1 Å². The zero-order valence-electron chi connectivity index (χ0n) is 18.8. The number of hydrogen-bond donors (Lipinski definition) is 9. The Morgan fingerprint density at radius 3 is 2.14 bits per heavy atom. The molecule has 0 radical (unpaired) electrons. The van der Waals surface area contributed by atoms with Crippen molar-refractivity contribution in [1.82, 2.24) is 25.9 Å². The number of H-pyrrole nitrogens is 1. The molecular formula is C19H29N7O9. The number of aromatic nitrogens is 2. The van der Waals surface area contributed by atoms with Crippen molar-refractivity contribution >= 4 is 35.6 Å². The number of carboxylic acids is 2. The molecule has 4 amide bonds. The first-order valence-corrected chi connectivity index (χ1v) is 10.4. The van der Waals surface area contributed by atoms with E-state index < -0.39 is 72.3 Å². The van der Waals surface area contributed by atoms with Gasteiger partial charge in [-0.2, -0.15) is 0 Å². The molecule has 0 spiro atoms. The molecule has 1 rings (SSSR count). The van der Waals surface area contributed by atoms with Gasteiger partial charge in [-0.3, -0.25) is 24.0 Å². The first-order valence-electron chi connectivity index (χ1n) is 10.4. The molecule has 1 aromatic heterocycles. The minimum atomic E-state index is -1.78. The van der Waals surface area contributed by atoms with Crippen LogP contribution in [0.25, 0.3) is 0 Å². The van der Waals surface area contributed by atoms with Crippen LogP contribution in [0.15, 0.2) is 12.5 Å². The summed E-state index contributed by atoms with van der Waals surface area (Å²) in [4.78, 5) is 77.4. The van der Waals surface area contributed by atoms with E-state index in [1.54, 1.807) is 0 Å². The van der Waals surface area contributed by atoms with E-state index in [9.17, 15) is 39.0 Å². The molecule has 5 atom stereocenters. The van der Waals surface area contributed by atoms with E-state index in [4.69, 9.17) is 16.6 Å². The summed E-state index contributed by atoms with van der Waals surface area (Å²) in [6.07, 6.45) is -0.241. The van der Waals surface area contributed by atoms with Gasteiger partial charge in [-0.15, -0.1) is 0 Å². The highest BCUT2D eigenvalue weighted by Gasteiger charge is 2.33. The number of imidazole rings is 1. The van der Waals surface area contributed by atoms with Crippen LogP contribution in [0.4, 0.5) is 0 Å². The third-order valence-electron chi connectivity index (χ3n) is 4.71. The molecule has 16 nitrogen and oxygen atoms in total. The SMILES string of the molecule is CC(O)C(NC(=O)C(N)CCC(N)=O)C(=O)NC(Cc1cnc[nH]1)C(=O)NC(CC(=O)O)C(=O)O. The monoisotopic (exact) mass is 499 g/mol. The van der Waals surface area contributed by atoms with E-state index in [1.807, 2.05) is 5.32 Å². The molecule has 0 bridgehead atoms. The fourth-order valence-corrected chi connectivity index (χ4v) is 2.83. The third kappa shape index (κ3) is 10.2. The lowest BCUT2D eigenvalue weighted by molar-refractivity contribution is -0.147. The number of aliphatic hydroxyl groups is 1. The second-order valence-corrected chi connectivity index (χ2v) is 7.68. The van der Waals surface area contributed by atoms with Gasteiger partial charge >= 0.3 is 11.9 Å². The summed E-state index contributed by atoms with van der Waals surface area (Å²) in [5, 5.41) is 34.6. The van der Waals surface area contributed by atoms with E-state index in [2.05, 4.69) is 20.6 Å². The van der Waals surface area contributed by atoms with Gasteiger partial charge in [0.15, 0.2) is 0 Å². The maximum Gasteiger partial charge on any atom is 0.326 e. The summed E-state index contributed by atoms with van der Waals surface area (Å²) in [7, 11) is 0. The van der Waals surface area contributed by atoms with Crippen molar-refractivity contribution in [2.75, 3.05) is 0 Å². The van der Waals surface area contributed by atoms with Crippen LogP contribution >= 0.6 is 0 Å². The number of carbonyl (C=O) groups is 6. The Hall–Kier alpha value is -4.05. The number of aliphatic carboxylic acids is 2. The molecule has 0 aliphatic rings. The Balaban J connectivity index is 3.01. The first-order chi connectivity index (χ1) is 16.3. The number of rotatable bonds is 15. The Kier molecular flexibility index (Phi) is 11.3. The fourth-order valence-electron chi connectivity index (χ4n) is 2.83. The van der Waals surface area contributed by atoms with E-state index in [0.717, 1.165) is 0 Å². The Labute approximate surface area is 198 Å². The lowest BCUT2D eigenvalue weighted by Crippen LogP contribution is -2.60. The largest absolute Gasteiger partial charge is 0.481 e. The molecule has 0 aromatic carbocycles. The van der Waals surface area contributed by atoms with Crippen LogP contribution in [0.3, 0.4) is 0 Å². The first kappa shape index (κ1) is 29.0. The van der Waals surface area contributed by atoms with E-state index >= 15 is 0 Å². The van der Waals surface area contributed by atoms with Crippen LogP contribution in [0.1, 0.15) is 31.9 Å². The van der Waals surface area contributed by atoms with Crippen molar-refractivity contribution < 1.29 is 44.1 Å². The van der Waals surface area contributed by atoms with Crippen LogP contribution < -0.4 is 27.4 Å². The van der Waals surface area contributed by atoms with Gasteiger partial charge in [0, 0.05) is 24.7 Å². The summed E-state index contributed by atoms with van der Waals surface area (Å²) in [6, 6.07) is -6.02. The number of primary amides is 1. The summed E-state index contributed by atoms with van der Waals surface area (Å²) < 4.78 is 0. The molecule has 194 valence electrons. The number of nitrogens with one attached hydrogen (secondary N) is 4. The predicted molar refractivity (Wildman–Crippen MR) is 116 cm³/mol.